The second-order valence-electron chi connectivity index (χ2n) is 1.35. The van der Waals surface area contributed by atoms with E-state index in [4.69, 9.17) is 0 Å². The molecule has 1 aliphatic heterocycles. The topological polar surface area (TPSA) is 35.5 Å². The number of ether oxygens (including phenoxy) is 2. The van der Waals surface area contributed by atoms with Gasteiger partial charge < -0.3 is 9.47 Å². The highest BCUT2D eigenvalue weighted by Crippen LogP contribution is 2.30. The van der Waals surface area contributed by atoms with E-state index in [1.165, 1.54) is 0 Å². The zero-order valence-electron chi connectivity index (χ0n) is 3.94. The first-order valence-corrected chi connectivity index (χ1v) is 1.94. The zero-order chi connectivity index (χ0) is 7.07. The second-order valence-corrected chi connectivity index (χ2v) is 1.35. The van der Waals surface area contributed by atoms with E-state index in [0.29, 0.717) is 0 Å². The first-order valence-electron chi connectivity index (χ1n) is 1.94. The fourth-order valence-corrected chi connectivity index (χ4v) is 0.335. The molecular weight excluding hydrogens is 141 g/mol. The third kappa shape index (κ3) is 0.914. The summed E-state index contributed by atoms with van der Waals surface area (Å²) in [6.07, 6.45) is -8.77. The average molecular weight is 142 g/mol. The second kappa shape index (κ2) is 1.52. The molecule has 0 aromatic rings. The highest BCUT2D eigenvalue weighted by Gasteiger charge is 2.54. The molecule has 0 amide bonds. The van der Waals surface area contributed by atoms with Crippen LogP contribution in [0.15, 0.2) is 0 Å². The summed E-state index contributed by atoms with van der Waals surface area (Å²) in [4.78, 5) is 9.70. The summed E-state index contributed by atoms with van der Waals surface area (Å²) in [5.41, 5.74) is 0. The monoisotopic (exact) mass is 142 g/mol. The number of alkyl halides is 3. The number of halogens is 3. The molecule has 52 valence electrons. The van der Waals surface area contributed by atoms with E-state index in [1.807, 2.05) is 0 Å². The largest absolute Gasteiger partial charge is 0.516 e. The van der Waals surface area contributed by atoms with Gasteiger partial charge in [-0.1, -0.05) is 0 Å². The van der Waals surface area contributed by atoms with E-state index in [-0.39, 0.29) is 0 Å². The van der Waals surface area contributed by atoms with Gasteiger partial charge in [0.25, 0.3) is 0 Å². The molecule has 0 aromatic carbocycles. The number of cyclic esters (lactones) is 2. The van der Waals surface area contributed by atoms with Crippen LogP contribution in [0.4, 0.5) is 18.0 Å². The van der Waals surface area contributed by atoms with Crippen LogP contribution >= 0.6 is 0 Å². The Bertz CT molecular complexity index is 145. The van der Waals surface area contributed by atoms with Crippen LogP contribution in [0.5, 0.6) is 0 Å². The van der Waals surface area contributed by atoms with Crippen molar-refractivity contribution in [2.45, 2.75) is 12.5 Å². The number of hydrogen-bond acceptors (Lipinski definition) is 3. The number of rotatable bonds is 0. The van der Waals surface area contributed by atoms with Gasteiger partial charge in [-0.05, 0) is 0 Å². The lowest BCUT2D eigenvalue weighted by molar-refractivity contribution is -0.230. The van der Waals surface area contributed by atoms with Crippen LogP contribution < -0.4 is 0 Å². The molecule has 1 aliphatic rings. The van der Waals surface area contributed by atoms with Gasteiger partial charge in [-0.2, -0.15) is 13.2 Å². The third-order valence-electron chi connectivity index (χ3n) is 0.683. The first kappa shape index (κ1) is 6.18. The van der Waals surface area contributed by atoms with Crippen LogP contribution in [0.3, 0.4) is 0 Å². The molecule has 0 saturated carbocycles. The minimum atomic E-state index is -4.11. The van der Waals surface area contributed by atoms with Gasteiger partial charge >= 0.3 is 18.6 Å². The van der Waals surface area contributed by atoms with Crippen molar-refractivity contribution in [3.8, 4) is 0 Å². The van der Waals surface area contributed by atoms with Gasteiger partial charge in [0.1, 0.15) is 0 Å². The third-order valence-corrected chi connectivity index (χ3v) is 0.683. The van der Waals surface area contributed by atoms with Crippen molar-refractivity contribution in [2.75, 3.05) is 0 Å². The summed E-state index contributed by atoms with van der Waals surface area (Å²) in [7, 11) is 0. The van der Waals surface area contributed by atoms with Gasteiger partial charge in [-0.25, -0.2) is 4.79 Å². The maximum Gasteiger partial charge on any atom is 0.516 e. The highest BCUT2D eigenvalue weighted by atomic mass is 19.3. The molecule has 0 bridgehead atoms. The van der Waals surface area contributed by atoms with Gasteiger partial charge in [0.05, 0.1) is 0 Å². The van der Waals surface area contributed by atoms with Gasteiger partial charge in [-0.15, -0.1) is 0 Å². The molecule has 6 heteroatoms. The Morgan fingerprint density at radius 2 is 2.11 bits per heavy atom. The Hall–Kier alpha value is -0.940. The van der Waals surface area contributed by atoms with Crippen molar-refractivity contribution in [3.63, 3.8) is 0 Å². The molecule has 1 heterocycles. The summed E-state index contributed by atoms with van der Waals surface area (Å²) in [6.45, 7) is 0. The fourth-order valence-electron chi connectivity index (χ4n) is 0.335. The summed E-state index contributed by atoms with van der Waals surface area (Å²) < 4.78 is 41.3. The maximum absolute atomic E-state index is 11.6. The van der Waals surface area contributed by atoms with Crippen molar-refractivity contribution in [1.29, 1.82) is 0 Å². The molecule has 3 nitrogen and oxygen atoms in total. The number of hydrogen-bond donors (Lipinski definition) is 0. The Kier molecular flexibility index (Phi) is 1.04. The molecular formula is C3HF3O3. The lowest BCUT2D eigenvalue weighted by Gasteiger charge is -2.03. The molecule has 1 saturated heterocycles. The minimum absolute atomic E-state index is 1.69. The lowest BCUT2D eigenvalue weighted by Crippen LogP contribution is -2.25. The van der Waals surface area contributed by atoms with E-state index in [2.05, 4.69) is 9.47 Å². The summed E-state index contributed by atoms with van der Waals surface area (Å²) >= 11 is 0. The van der Waals surface area contributed by atoms with E-state index in [0.717, 1.165) is 0 Å². The van der Waals surface area contributed by atoms with E-state index >= 15 is 0 Å². The van der Waals surface area contributed by atoms with Gasteiger partial charge in [0, 0.05) is 0 Å². The van der Waals surface area contributed by atoms with E-state index < -0.39 is 18.6 Å². The SMILES string of the molecule is O=C1OC(F)C(F)(F)O1. The molecule has 0 N–H and O–H groups in total. The summed E-state index contributed by atoms with van der Waals surface area (Å²) in [6, 6.07) is 0. The molecule has 0 aliphatic carbocycles. The van der Waals surface area contributed by atoms with Crippen LogP contribution in [0.2, 0.25) is 0 Å². The quantitative estimate of drug-likeness (QED) is 0.474. The normalized spacial score (nSPS) is 31.4. The summed E-state index contributed by atoms with van der Waals surface area (Å²) in [5, 5.41) is 0. The Morgan fingerprint density at radius 1 is 1.56 bits per heavy atom. The van der Waals surface area contributed by atoms with Crippen LogP contribution in [-0.4, -0.2) is 18.6 Å². The Morgan fingerprint density at radius 3 is 2.22 bits per heavy atom. The summed E-state index contributed by atoms with van der Waals surface area (Å²) in [5.74, 6) is 0. The maximum atomic E-state index is 11.6. The van der Waals surface area contributed by atoms with Crippen LogP contribution in [0.1, 0.15) is 0 Å². The predicted molar refractivity (Wildman–Crippen MR) is 17.4 cm³/mol. The minimum Gasteiger partial charge on any atom is -0.388 e. The van der Waals surface area contributed by atoms with Gasteiger partial charge in [-0.3, -0.25) is 0 Å². The molecule has 1 rings (SSSR count). The smallest absolute Gasteiger partial charge is 0.388 e. The van der Waals surface area contributed by atoms with Crippen molar-refractivity contribution in [2.24, 2.45) is 0 Å². The van der Waals surface area contributed by atoms with Crippen LogP contribution in [0.25, 0.3) is 0 Å². The lowest BCUT2D eigenvalue weighted by atomic mass is 10.6. The predicted octanol–water partition coefficient (Wildman–Crippen LogP) is 1.04. The molecule has 1 atom stereocenters. The zero-order valence-corrected chi connectivity index (χ0v) is 3.94. The number of carbonyl (C=O) groups excluding carboxylic acids is 1. The van der Waals surface area contributed by atoms with Crippen molar-refractivity contribution >= 4 is 6.16 Å². The average Bonchev–Trinajstić information content (AvgIpc) is 1.79. The van der Waals surface area contributed by atoms with Gasteiger partial charge in [0.15, 0.2) is 0 Å². The molecule has 0 aromatic heterocycles. The fraction of sp³-hybridized carbons (Fsp3) is 0.667. The molecule has 0 radical (unpaired) electrons. The van der Waals surface area contributed by atoms with Crippen molar-refractivity contribution in [1.82, 2.24) is 0 Å². The van der Waals surface area contributed by atoms with Crippen LogP contribution in [0, 0.1) is 0 Å². The Labute approximate surface area is 47.3 Å². The first-order chi connectivity index (χ1) is 4.02. The van der Waals surface area contributed by atoms with Crippen molar-refractivity contribution < 1.29 is 27.4 Å². The van der Waals surface area contributed by atoms with Gasteiger partial charge in [0.2, 0.25) is 0 Å². The Balaban J connectivity index is 2.69. The number of carbonyl (C=O) groups is 1. The van der Waals surface area contributed by atoms with Crippen LogP contribution in [-0.2, 0) is 9.47 Å². The van der Waals surface area contributed by atoms with E-state index in [1.54, 1.807) is 0 Å². The molecule has 0 spiro atoms. The highest BCUT2D eigenvalue weighted by molar-refractivity contribution is 5.62. The standard InChI is InChI=1S/C3HF3O3/c4-1-3(5,6)9-2(7)8-1/h1H. The van der Waals surface area contributed by atoms with Crippen molar-refractivity contribution in [3.05, 3.63) is 0 Å². The van der Waals surface area contributed by atoms with E-state index in [9.17, 15) is 18.0 Å². The molecule has 1 unspecified atom stereocenters. The molecule has 9 heavy (non-hydrogen) atoms. The molecule has 1 fully saturated rings.